The van der Waals surface area contributed by atoms with E-state index in [0.717, 1.165) is 36.4 Å². The van der Waals surface area contributed by atoms with Crippen molar-refractivity contribution in [3.63, 3.8) is 0 Å². The molecule has 7 rings (SSSR count). The van der Waals surface area contributed by atoms with Gasteiger partial charge in [-0.1, -0.05) is 0 Å². The number of hydrogen-bond donors (Lipinski definition) is 9. The number of benzene rings is 7. The van der Waals surface area contributed by atoms with Crippen LogP contribution < -0.4 is 21.9 Å². The van der Waals surface area contributed by atoms with E-state index in [1.165, 1.54) is 61.6 Å². The van der Waals surface area contributed by atoms with E-state index in [2.05, 4.69) is 49.8 Å². The molecule has 0 aliphatic rings. The van der Waals surface area contributed by atoms with Gasteiger partial charge in [-0.3, -0.25) is 33.0 Å². The quantitative estimate of drug-likeness (QED) is 0.0122. The van der Waals surface area contributed by atoms with Crippen molar-refractivity contribution >= 4 is 140 Å². The first-order chi connectivity index (χ1) is 38.1. The van der Waals surface area contributed by atoms with Crippen molar-refractivity contribution in [2.45, 2.75) is 24.5 Å². The molecule has 0 saturated carbocycles. The second kappa shape index (κ2) is 24.4. The van der Waals surface area contributed by atoms with Crippen LogP contribution in [0.1, 0.15) is 0 Å². The predicted molar refractivity (Wildman–Crippen MR) is 290 cm³/mol. The summed E-state index contributed by atoms with van der Waals surface area (Å²) in [7, 11) is -27.0. The van der Waals surface area contributed by atoms with Crippen molar-refractivity contribution in [1.82, 2.24) is 0 Å². The molecule has 0 atom stereocenters. The monoisotopic (exact) mass is 1250 g/mol. The molecule has 0 unspecified atom stereocenters. The molecule has 33 nitrogen and oxygen atoms in total. The number of nitrogens with one attached hydrogen (secondary N) is 1. The summed E-state index contributed by atoms with van der Waals surface area (Å²) < 4.78 is 187. The Morgan fingerprint density at radius 1 is 0.561 bits per heavy atom. The van der Waals surface area contributed by atoms with Crippen LogP contribution in [-0.2, 0) is 64.8 Å². The second-order valence-corrected chi connectivity index (χ2v) is 25.1. The molecule has 0 bridgehead atoms. The van der Waals surface area contributed by atoms with Crippen molar-refractivity contribution < 1.29 is 82.9 Å². The normalized spacial score (nSPS) is 12.8. The van der Waals surface area contributed by atoms with Gasteiger partial charge in [-0.25, -0.2) is 21.0 Å². The van der Waals surface area contributed by atoms with E-state index in [-0.39, 0.29) is 33.3 Å². The second-order valence-electron chi connectivity index (χ2n) is 16.1. The molecule has 0 spiro atoms. The molecule has 0 aliphatic heterocycles. The van der Waals surface area contributed by atoms with Crippen molar-refractivity contribution in [2.75, 3.05) is 41.3 Å². The molecule has 0 saturated heterocycles. The predicted octanol–water partition coefficient (Wildman–Crippen LogP) is 7.98. The number of sulfonamides is 1. The first kappa shape index (κ1) is 62.3. The van der Waals surface area contributed by atoms with Gasteiger partial charge in [-0.05, 0) is 115 Å². The van der Waals surface area contributed by atoms with E-state index in [1.54, 1.807) is 12.1 Å². The fourth-order valence-electron chi connectivity index (χ4n) is 6.69. The van der Waals surface area contributed by atoms with Crippen LogP contribution in [0.4, 0.5) is 68.2 Å². The van der Waals surface area contributed by atoms with E-state index in [0.29, 0.717) is 40.9 Å². The lowest BCUT2D eigenvalue weighted by molar-refractivity contribution is -0.384. The molecule has 0 aliphatic carbocycles. The number of hydrogen-bond acceptors (Lipinski definition) is 27. The van der Waals surface area contributed by atoms with Gasteiger partial charge in [0.1, 0.15) is 37.4 Å². The molecule has 82 heavy (non-hydrogen) atoms. The van der Waals surface area contributed by atoms with E-state index < -0.39 is 131 Å². The number of aromatic hydroxyl groups is 1. The van der Waals surface area contributed by atoms with Crippen molar-refractivity contribution in [3.05, 3.63) is 131 Å². The zero-order valence-corrected chi connectivity index (χ0v) is 45.9. The van der Waals surface area contributed by atoms with Gasteiger partial charge in [-0.15, -0.1) is 15.3 Å². The Bertz CT molecular complexity index is 4500. The summed E-state index contributed by atoms with van der Waals surface area (Å²) in [5.41, 5.74) is 16.6. The lowest BCUT2D eigenvalue weighted by atomic mass is 10.1. The summed E-state index contributed by atoms with van der Waals surface area (Å²) in [6, 6.07) is 23.9. The van der Waals surface area contributed by atoms with Gasteiger partial charge in [0.05, 0.1) is 60.9 Å². The average molecular weight is 1250 g/mol. The summed E-state index contributed by atoms with van der Waals surface area (Å²) in [4.78, 5) is 6.75. The fourth-order valence-corrected chi connectivity index (χ4v) is 11.3. The smallest absolute Gasteiger partial charge is 0.397 e. The molecule has 432 valence electrons. The molecule has 39 heteroatoms. The summed E-state index contributed by atoms with van der Waals surface area (Å²) in [5.74, 6) is -1.89. The maximum Gasteiger partial charge on any atom is 0.397 e. The number of nitrogens with zero attached hydrogens (tertiary/aromatic N) is 9. The number of phenols is 1. The van der Waals surface area contributed by atoms with Gasteiger partial charge in [0.25, 0.3) is 46.1 Å². The van der Waals surface area contributed by atoms with Crippen LogP contribution in [0.5, 0.6) is 5.75 Å². The van der Waals surface area contributed by atoms with Crippen LogP contribution in [0.2, 0.25) is 0 Å². The maximum atomic E-state index is 13.1. The van der Waals surface area contributed by atoms with Gasteiger partial charge < -0.3 is 22.3 Å². The van der Waals surface area contributed by atoms with Crippen LogP contribution in [0.25, 0.3) is 10.8 Å². The Kier molecular flexibility index (Phi) is 18.6. The largest absolute Gasteiger partial charge is 0.505 e. The minimum atomic E-state index is -5.22. The number of nitro groups is 1. The van der Waals surface area contributed by atoms with Gasteiger partial charge in [0.2, 0.25) is 0 Å². The number of sulfone groups is 1. The summed E-state index contributed by atoms with van der Waals surface area (Å²) in [6.45, 7) is -0.876. The minimum absolute atomic E-state index is 0.0122. The average Bonchev–Trinajstić information content (AvgIpc) is 2.88. The zero-order valence-electron chi connectivity index (χ0n) is 41.0. The number of anilines is 4. The van der Waals surface area contributed by atoms with Gasteiger partial charge >= 0.3 is 10.4 Å². The Hall–Kier alpha value is -8.90. The van der Waals surface area contributed by atoms with E-state index in [4.69, 9.17) is 26.3 Å². The first-order valence-electron chi connectivity index (χ1n) is 21.8. The highest BCUT2D eigenvalue weighted by atomic mass is 32.3. The number of nitrogen functional groups attached to an aromatic ring is 3. The molecule has 0 amide bonds. The molecular formula is C43H39N13O20S6. The van der Waals surface area contributed by atoms with E-state index in [9.17, 15) is 74.8 Å². The molecule has 0 radical (unpaired) electrons. The fraction of sp³-hybridized carbons (Fsp3) is 0.0698. The number of phenolic OH excluding ortho intramolecular Hbond substituents is 1. The molecule has 12 N–H and O–H groups in total. The number of nitrogens with two attached hydrogens (primary N) is 3. The SMILES string of the molecule is CN=Nc1ccc(S(=O)(=O)CCOS(=O)(=O)O)cc1S(=O)(=O)O.Nc1ccc(N=Nc2ccc(NS(=O)(=O)c3ccc(N=Nc4c(S(=O)(=O)O)cc5cc(S(=O)(=O)O)c(N=Nc6ccc([N+](=O)[O-])cc6)c(N)c5c4O)cc3)cc2)c(N)c1. The van der Waals surface area contributed by atoms with Gasteiger partial charge in [0, 0.05) is 30.6 Å². The number of rotatable bonds is 19. The highest BCUT2D eigenvalue weighted by Crippen LogP contribution is 2.48. The Labute approximate surface area is 464 Å². The number of nitro benzene ring substituents is 1. The van der Waals surface area contributed by atoms with Gasteiger partial charge in [0.15, 0.2) is 15.6 Å². The number of non-ortho nitro benzene ring substituents is 1. The number of azo groups is 4. The van der Waals surface area contributed by atoms with Crippen LogP contribution in [0.3, 0.4) is 0 Å². The van der Waals surface area contributed by atoms with E-state index >= 15 is 0 Å². The minimum Gasteiger partial charge on any atom is -0.505 e. The Morgan fingerprint density at radius 3 is 1.56 bits per heavy atom. The summed E-state index contributed by atoms with van der Waals surface area (Å²) >= 11 is 0. The van der Waals surface area contributed by atoms with Crippen molar-refractivity contribution in [1.29, 1.82) is 0 Å². The molecular weight excluding hydrogens is 1210 g/mol. The molecule has 0 aromatic heterocycles. The standard InChI is InChI=1S/C34H27N11O11S3.C9H12N2O9S3/c35-19-1-14-27(26(36)17-19)41-38-20-2-4-23(5-3-20)44-57(49,50)25-12-8-22(9-13-25)40-43-33-29(59(54,55)56)16-18-15-28(58(51,52)53)32(31(37)30(18)34(33)46)42-39-21-6-10-24(11-7-21)45(47)48;1-10-11-8-3-2-7(6-9(8)22(14,15)16)21(12,13)5-4-20-23(17,18)19/h1-17,44,46H,35-37H2,(H,51,52,53)(H,54,55,56);2-3,6H,4-5H2,1H3,(H,14,15,16)(H,17,18,19). The molecule has 0 heterocycles. The molecule has 0 fully saturated rings. The van der Waals surface area contributed by atoms with Crippen LogP contribution in [0, 0.1) is 10.1 Å². The summed E-state index contributed by atoms with van der Waals surface area (Å²) in [6.07, 6.45) is 0. The number of fused-ring (bicyclic) bond motifs is 1. The lowest BCUT2D eigenvalue weighted by Crippen LogP contribution is -2.16. The van der Waals surface area contributed by atoms with E-state index in [1.807, 2.05) is 0 Å². The Morgan fingerprint density at radius 2 is 1.05 bits per heavy atom. The lowest BCUT2D eigenvalue weighted by Gasteiger charge is -2.14. The van der Waals surface area contributed by atoms with Gasteiger partial charge in [-0.2, -0.15) is 59.2 Å². The highest BCUT2D eigenvalue weighted by Gasteiger charge is 2.29. The topological polar surface area (TPSA) is 547 Å². The Balaban J connectivity index is 0.000000394. The highest BCUT2D eigenvalue weighted by molar-refractivity contribution is 7.92. The molecule has 7 aromatic rings. The summed E-state index contributed by atoms with van der Waals surface area (Å²) in [5, 5.41) is 51.5. The van der Waals surface area contributed by atoms with Crippen LogP contribution in [0.15, 0.2) is 187 Å². The molecule has 7 aromatic carbocycles. The third kappa shape index (κ3) is 15.9. The zero-order chi connectivity index (χ0) is 60.8. The van der Waals surface area contributed by atoms with Crippen molar-refractivity contribution in [2.24, 2.45) is 40.9 Å². The third-order valence-corrected chi connectivity index (χ3v) is 16.6. The van der Waals surface area contributed by atoms with Crippen LogP contribution in [-0.4, -0.2) is 98.2 Å². The van der Waals surface area contributed by atoms with Crippen molar-refractivity contribution in [3.8, 4) is 5.75 Å². The third-order valence-electron chi connectivity index (χ3n) is 10.4. The van der Waals surface area contributed by atoms with Crippen LogP contribution >= 0.6 is 0 Å². The first-order valence-corrected chi connectivity index (χ1v) is 30.6. The maximum absolute atomic E-state index is 13.1.